The van der Waals surface area contributed by atoms with Gasteiger partial charge in [-0.25, -0.2) is 0 Å². The van der Waals surface area contributed by atoms with E-state index in [2.05, 4.69) is 19.2 Å². The minimum absolute atomic E-state index is 0.0162. The summed E-state index contributed by atoms with van der Waals surface area (Å²) in [5.74, 6) is 1.46. The van der Waals surface area contributed by atoms with E-state index in [0.717, 1.165) is 5.69 Å². The predicted molar refractivity (Wildman–Crippen MR) is 117 cm³/mol. The van der Waals surface area contributed by atoms with Crippen LogP contribution in [0.2, 0.25) is 0 Å². The number of hydrogen-bond donors (Lipinski definition) is 1. The number of nitrogens with one attached hydrogen (secondary N) is 1. The number of ether oxygens (including phenoxy) is 2. The molecule has 2 aromatic carbocycles. The van der Waals surface area contributed by atoms with Crippen LogP contribution in [-0.2, 0) is 4.79 Å². The standard InChI is InChI=1S/C24H30N2O4/c1-16(2)17-5-7-20(8-6-17)25-23(27)18-9-11-26(12-10-18)24(28)19-13-21(29-3)15-22(14-19)30-4/h5-8,13-16,18H,9-12H2,1-4H3,(H,25,27). The Kier molecular flexibility index (Phi) is 6.98. The summed E-state index contributed by atoms with van der Waals surface area (Å²) < 4.78 is 10.5. The maximum absolute atomic E-state index is 12.9. The molecule has 1 aliphatic heterocycles. The fourth-order valence-corrected chi connectivity index (χ4v) is 3.65. The minimum atomic E-state index is -0.0985. The zero-order chi connectivity index (χ0) is 21.7. The van der Waals surface area contributed by atoms with Gasteiger partial charge in [0.15, 0.2) is 0 Å². The van der Waals surface area contributed by atoms with Gasteiger partial charge in [-0.2, -0.15) is 0 Å². The van der Waals surface area contributed by atoms with E-state index in [1.165, 1.54) is 5.56 Å². The van der Waals surface area contributed by atoms with Gasteiger partial charge in [0.2, 0.25) is 5.91 Å². The van der Waals surface area contributed by atoms with Crippen LogP contribution >= 0.6 is 0 Å². The highest BCUT2D eigenvalue weighted by atomic mass is 16.5. The lowest BCUT2D eigenvalue weighted by molar-refractivity contribution is -0.121. The first-order valence-corrected chi connectivity index (χ1v) is 10.3. The summed E-state index contributed by atoms with van der Waals surface area (Å²) in [5.41, 5.74) is 2.58. The van der Waals surface area contributed by atoms with Crippen LogP contribution in [0.4, 0.5) is 5.69 Å². The van der Waals surface area contributed by atoms with Crippen molar-refractivity contribution in [3.63, 3.8) is 0 Å². The lowest BCUT2D eigenvalue weighted by atomic mass is 9.95. The van der Waals surface area contributed by atoms with E-state index < -0.39 is 0 Å². The second-order valence-electron chi connectivity index (χ2n) is 7.93. The maximum Gasteiger partial charge on any atom is 0.254 e. The Morgan fingerprint density at radius 3 is 2.03 bits per heavy atom. The lowest BCUT2D eigenvalue weighted by Gasteiger charge is -2.31. The van der Waals surface area contributed by atoms with Gasteiger partial charge in [-0.05, 0) is 48.6 Å². The van der Waals surface area contributed by atoms with Gasteiger partial charge in [-0.3, -0.25) is 9.59 Å². The summed E-state index contributed by atoms with van der Waals surface area (Å²) in [7, 11) is 3.12. The average Bonchev–Trinajstić information content (AvgIpc) is 2.78. The van der Waals surface area contributed by atoms with E-state index in [1.54, 1.807) is 37.3 Å². The van der Waals surface area contributed by atoms with Crippen LogP contribution in [-0.4, -0.2) is 44.0 Å². The molecule has 6 heteroatoms. The molecule has 1 N–H and O–H groups in total. The number of carbonyl (C=O) groups excluding carboxylic acids is 2. The van der Waals surface area contributed by atoms with E-state index in [0.29, 0.717) is 48.9 Å². The molecular weight excluding hydrogens is 380 g/mol. The Balaban J connectivity index is 1.57. The number of methoxy groups -OCH3 is 2. The number of anilines is 1. The molecule has 1 aliphatic rings. The van der Waals surface area contributed by atoms with Crippen molar-refractivity contribution in [3.8, 4) is 11.5 Å². The van der Waals surface area contributed by atoms with Gasteiger partial charge >= 0.3 is 0 Å². The third kappa shape index (κ3) is 5.12. The molecule has 1 saturated heterocycles. The van der Waals surface area contributed by atoms with E-state index in [4.69, 9.17) is 9.47 Å². The van der Waals surface area contributed by atoms with Crippen LogP contribution in [0.5, 0.6) is 11.5 Å². The average molecular weight is 411 g/mol. The van der Waals surface area contributed by atoms with Gasteiger partial charge in [-0.15, -0.1) is 0 Å². The quantitative estimate of drug-likeness (QED) is 0.770. The van der Waals surface area contributed by atoms with Crippen LogP contribution in [0.1, 0.15) is 48.5 Å². The van der Waals surface area contributed by atoms with Gasteiger partial charge in [0.25, 0.3) is 5.91 Å². The van der Waals surface area contributed by atoms with E-state index in [-0.39, 0.29) is 17.7 Å². The fraction of sp³-hybridized carbons (Fsp3) is 0.417. The molecule has 0 spiro atoms. The number of nitrogens with zero attached hydrogens (tertiary/aromatic N) is 1. The highest BCUT2D eigenvalue weighted by molar-refractivity contribution is 5.96. The molecule has 30 heavy (non-hydrogen) atoms. The molecule has 0 radical (unpaired) electrons. The Bertz CT molecular complexity index is 862. The number of carbonyl (C=O) groups is 2. The molecule has 1 heterocycles. The molecule has 160 valence electrons. The fourth-order valence-electron chi connectivity index (χ4n) is 3.65. The van der Waals surface area contributed by atoms with Crippen molar-refractivity contribution in [2.24, 2.45) is 5.92 Å². The Morgan fingerprint density at radius 2 is 1.53 bits per heavy atom. The van der Waals surface area contributed by atoms with E-state index in [1.807, 2.05) is 24.3 Å². The molecule has 0 saturated carbocycles. The summed E-state index contributed by atoms with van der Waals surface area (Å²) >= 11 is 0. The summed E-state index contributed by atoms with van der Waals surface area (Å²) in [6.45, 7) is 5.37. The van der Waals surface area contributed by atoms with Crippen molar-refractivity contribution in [1.29, 1.82) is 0 Å². The smallest absolute Gasteiger partial charge is 0.254 e. The molecule has 0 aromatic heterocycles. The third-order valence-electron chi connectivity index (χ3n) is 5.60. The van der Waals surface area contributed by atoms with Gasteiger partial charge in [0.05, 0.1) is 14.2 Å². The van der Waals surface area contributed by atoms with Crippen LogP contribution in [0.3, 0.4) is 0 Å². The molecular formula is C24H30N2O4. The highest BCUT2D eigenvalue weighted by Crippen LogP contribution is 2.26. The molecule has 0 atom stereocenters. The van der Waals surface area contributed by atoms with Crippen LogP contribution in [0, 0.1) is 5.92 Å². The summed E-state index contributed by atoms with van der Waals surface area (Å²) in [6.07, 6.45) is 1.28. The summed E-state index contributed by atoms with van der Waals surface area (Å²) in [6, 6.07) is 13.1. The number of likely N-dealkylation sites (tertiary alicyclic amines) is 1. The van der Waals surface area contributed by atoms with Crippen LogP contribution in [0.15, 0.2) is 42.5 Å². The second-order valence-corrected chi connectivity index (χ2v) is 7.93. The van der Waals surface area contributed by atoms with Gasteiger partial charge in [0.1, 0.15) is 11.5 Å². The normalized spacial score (nSPS) is 14.5. The summed E-state index contributed by atoms with van der Waals surface area (Å²) in [5, 5.41) is 3.01. The first kappa shape index (κ1) is 21.7. The van der Waals surface area contributed by atoms with Crippen molar-refractivity contribution in [2.75, 3.05) is 32.6 Å². The largest absolute Gasteiger partial charge is 0.497 e. The topological polar surface area (TPSA) is 67.9 Å². The van der Waals surface area contributed by atoms with Gasteiger partial charge in [0, 0.05) is 36.3 Å². The molecule has 0 aliphatic carbocycles. The Hall–Kier alpha value is -3.02. The molecule has 2 aromatic rings. The van der Waals surface area contributed by atoms with Gasteiger partial charge < -0.3 is 19.7 Å². The van der Waals surface area contributed by atoms with Crippen molar-refractivity contribution in [2.45, 2.75) is 32.6 Å². The molecule has 0 bridgehead atoms. The SMILES string of the molecule is COc1cc(OC)cc(C(=O)N2CCC(C(=O)Nc3ccc(C(C)C)cc3)CC2)c1. The molecule has 6 nitrogen and oxygen atoms in total. The first-order valence-electron chi connectivity index (χ1n) is 10.3. The number of hydrogen-bond acceptors (Lipinski definition) is 4. The summed E-state index contributed by atoms with van der Waals surface area (Å²) in [4.78, 5) is 27.3. The van der Waals surface area contributed by atoms with Crippen LogP contribution < -0.4 is 14.8 Å². The van der Waals surface area contributed by atoms with Crippen molar-refractivity contribution in [1.82, 2.24) is 4.90 Å². The maximum atomic E-state index is 12.9. The lowest BCUT2D eigenvalue weighted by Crippen LogP contribution is -2.41. The Morgan fingerprint density at radius 1 is 0.967 bits per heavy atom. The number of benzene rings is 2. The molecule has 0 unspecified atom stereocenters. The minimum Gasteiger partial charge on any atom is -0.497 e. The zero-order valence-electron chi connectivity index (χ0n) is 18.1. The molecule has 1 fully saturated rings. The number of amides is 2. The van der Waals surface area contributed by atoms with Crippen molar-refractivity contribution < 1.29 is 19.1 Å². The van der Waals surface area contributed by atoms with Gasteiger partial charge in [-0.1, -0.05) is 26.0 Å². The van der Waals surface area contributed by atoms with Crippen LogP contribution in [0.25, 0.3) is 0 Å². The van der Waals surface area contributed by atoms with Crippen molar-refractivity contribution in [3.05, 3.63) is 53.6 Å². The number of rotatable bonds is 6. The third-order valence-corrected chi connectivity index (χ3v) is 5.60. The second kappa shape index (κ2) is 9.65. The number of piperidine rings is 1. The first-order chi connectivity index (χ1) is 14.4. The van der Waals surface area contributed by atoms with E-state index >= 15 is 0 Å². The predicted octanol–water partition coefficient (Wildman–Crippen LogP) is 4.32. The monoisotopic (exact) mass is 410 g/mol. The Labute approximate surface area is 178 Å². The zero-order valence-corrected chi connectivity index (χ0v) is 18.1. The molecule has 2 amide bonds. The van der Waals surface area contributed by atoms with Crippen molar-refractivity contribution >= 4 is 17.5 Å². The highest BCUT2D eigenvalue weighted by Gasteiger charge is 2.28. The molecule has 3 rings (SSSR count). The van der Waals surface area contributed by atoms with E-state index in [9.17, 15) is 9.59 Å².